The molecular weight excluding hydrogens is 402 g/mol. The molecule has 2 heterocycles. The molecule has 1 aromatic carbocycles. The third-order valence-electron chi connectivity index (χ3n) is 6.66. The average Bonchev–Trinajstić information content (AvgIpc) is 2.73. The van der Waals surface area contributed by atoms with Crippen LogP contribution in [0.4, 0.5) is 0 Å². The zero-order valence-electron chi connectivity index (χ0n) is 19.5. The lowest BCUT2D eigenvalue weighted by Crippen LogP contribution is -2.49. The normalized spacial score (nSPS) is 18.7. The number of carbonyl (C=O) groups is 2. The molecule has 0 radical (unpaired) electrons. The molecule has 2 aromatic rings. The van der Waals surface area contributed by atoms with Crippen molar-refractivity contribution in [2.45, 2.75) is 53.0 Å². The molecule has 0 atom stereocenters. The van der Waals surface area contributed by atoms with Crippen LogP contribution in [-0.4, -0.2) is 52.7 Å². The van der Waals surface area contributed by atoms with Crippen LogP contribution in [0.3, 0.4) is 0 Å². The number of piperazine rings is 1. The molecule has 1 amide bonds. The van der Waals surface area contributed by atoms with Crippen LogP contribution >= 0.6 is 0 Å². The van der Waals surface area contributed by atoms with E-state index in [0.717, 1.165) is 19.6 Å². The van der Waals surface area contributed by atoms with Crippen molar-refractivity contribution in [3.8, 4) is 0 Å². The topological polar surface area (TPSA) is 73.5 Å². The summed E-state index contributed by atoms with van der Waals surface area (Å²) in [7, 11) is 0. The van der Waals surface area contributed by atoms with E-state index in [1.54, 1.807) is 4.90 Å². The van der Waals surface area contributed by atoms with E-state index in [-0.39, 0.29) is 22.7 Å². The van der Waals surface area contributed by atoms with Gasteiger partial charge in [-0.15, -0.1) is 0 Å². The van der Waals surface area contributed by atoms with Crippen LogP contribution in [0.5, 0.6) is 0 Å². The van der Waals surface area contributed by atoms with Crippen molar-refractivity contribution in [2.24, 2.45) is 5.41 Å². The summed E-state index contributed by atoms with van der Waals surface area (Å²) in [5.74, 6) is 0.231. The molecule has 0 unspecified atom stereocenters. The quantitative estimate of drug-likeness (QED) is 0.796. The van der Waals surface area contributed by atoms with Crippen LogP contribution in [0, 0.1) is 5.41 Å². The monoisotopic (exact) mass is 435 g/mol. The number of rotatable bonds is 4. The van der Waals surface area contributed by atoms with Gasteiger partial charge in [-0.3, -0.25) is 19.3 Å². The maximum absolute atomic E-state index is 13.1. The van der Waals surface area contributed by atoms with Gasteiger partial charge < -0.3 is 9.88 Å². The van der Waals surface area contributed by atoms with Crippen LogP contribution in [0.15, 0.2) is 35.1 Å². The number of H-pyrrole nitrogens is 1. The van der Waals surface area contributed by atoms with Crippen LogP contribution in [-0.2, 0) is 13.0 Å². The molecule has 170 valence electrons. The van der Waals surface area contributed by atoms with Gasteiger partial charge in [-0.2, -0.15) is 0 Å². The Morgan fingerprint density at radius 3 is 2.31 bits per heavy atom. The first kappa shape index (κ1) is 22.5. The summed E-state index contributed by atoms with van der Waals surface area (Å²) in [4.78, 5) is 45.2. The van der Waals surface area contributed by atoms with E-state index in [2.05, 4.69) is 48.0 Å². The van der Waals surface area contributed by atoms with Crippen molar-refractivity contribution in [2.75, 3.05) is 26.2 Å². The van der Waals surface area contributed by atoms with Gasteiger partial charge in [0.25, 0.3) is 11.5 Å². The summed E-state index contributed by atoms with van der Waals surface area (Å²) in [6.45, 7) is 11.9. The number of amides is 1. The van der Waals surface area contributed by atoms with Crippen molar-refractivity contribution >= 4 is 11.7 Å². The number of ketones is 1. The van der Waals surface area contributed by atoms with Crippen molar-refractivity contribution in [3.05, 3.63) is 68.6 Å². The predicted octanol–water partition coefficient (Wildman–Crippen LogP) is 3.61. The summed E-state index contributed by atoms with van der Waals surface area (Å²) >= 11 is 0. The molecule has 1 N–H and O–H groups in total. The fraction of sp³-hybridized carbons (Fsp3) is 0.500. The Balaban J connectivity index is 1.41. The Kier molecular flexibility index (Phi) is 6.08. The van der Waals surface area contributed by atoms with Crippen LogP contribution in [0.25, 0.3) is 0 Å². The highest BCUT2D eigenvalue weighted by Gasteiger charge is 2.33. The second kappa shape index (κ2) is 8.66. The van der Waals surface area contributed by atoms with Gasteiger partial charge in [0, 0.05) is 50.4 Å². The van der Waals surface area contributed by atoms with Crippen LogP contribution in [0.1, 0.15) is 77.6 Å². The Morgan fingerprint density at radius 1 is 1.03 bits per heavy atom. The number of aromatic nitrogens is 1. The number of nitrogens with one attached hydrogen (secondary N) is 1. The van der Waals surface area contributed by atoms with Crippen LogP contribution < -0.4 is 5.56 Å². The highest BCUT2D eigenvalue weighted by Crippen LogP contribution is 2.33. The van der Waals surface area contributed by atoms with Gasteiger partial charge in [0.05, 0.1) is 0 Å². The summed E-state index contributed by atoms with van der Waals surface area (Å²) in [5, 5.41) is 0. The number of nitrogens with zero attached hydrogens (tertiary/aromatic N) is 2. The molecule has 1 aliphatic heterocycles. The van der Waals surface area contributed by atoms with Gasteiger partial charge >= 0.3 is 0 Å². The van der Waals surface area contributed by atoms with Crippen molar-refractivity contribution in [3.63, 3.8) is 0 Å². The standard InChI is InChI=1S/C26H33N3O3/c1-17(2)19-7-5-18(6-8-19)16-28-9-11-29(12-10-28)25(32)21-13-20-22(27-24(21)31)14-26(3,4)15-23(20)30/h5-8,13,17H,9-12,14-16H2,1-4H3,(H,27,31). The van der Waals surface area contributed by atoms with Gasteiger partial charge in [-0.25, -0.2) is 0 Å². The van der Waals surface area contributed by atoms with Gasteiger partial charge in [0.1, 0.15) is 5.56 Å². The van der Waals surface area contributed by atoms with Crippen LogP contribution in [0.2, 0.25) is 0 Å². The highest BCUT2D eigenvalue weighted by molar-refractivity contribution is 6.02. The van der Waals surface area contributed by atoms with Gasteiger partial charge in [-0.1, -0.05) is 52.0 Å². The second-order valence-electron chi connectivity index (χ2n) is 10.3. The number of pyridine rings is 1. The SMILES string of the molecule is CC(C)c1ccc(CN2CCN(C(=O)c3cc4c([nH]c3=O)CC(C)(C)CC4=O)CC2)cc1. The number of Topliss-reactive ketones (excluding diaryl/α,β-unsaturated/α-hetero) is 1. The molecule has 1 aromatic heterocycles. The van der Waals surface area contributed by atoms with Gasteiger partial charge in [-0.05, 0) is 34.9 Å². The lowest BCUT2D eigenvalue weighted by molar-refractivity contribution is 0.0626. The van der Waals surface area contributed by atoms with Crippen molar-refractivity contribution in [1.82, 2.24) is 14.8 Å². The van der Waals surface area contributed by atoms with E-state index in [1.807, 2.05) is 13.8 Å². The zero-order chi connectivity index (χ0) is 23.0. The first-order chi connectivity index (χ1) is 15.1. The summed E-state index contributed by atoms with van der Waals surface area (Å²) in [6, 6.07) is 10.3. The fourth-order valence-electron chi connectivity index (χ4n) is 4.73. The molecule has 6 nitrogen and oxygen atoms in total. The van der Waals surface area contributed by atoms with Crippen molar-refractivity contribution < 1.29 is 9.59 Å². The summed E-state index contributed by atoms with van der Waals surface area (Å²) in [5.41, 5.74) is 3.26. The molecule has 0 saturated carbocycles. The molecule has 1 fully saturated rings. The third-order valence-corrected chi connectivity index (χ3v) is 6.66. The Bertz CT molecular complexity index is 1070. The molecule has 32 heavy (non-hydrogen) atoms. The van der Waals surface area contributed by atoms with E-state index in [0.29, 0.717) is 43.1 Å². The van der Waals surface area contributed by atoms with E-state index >= 15 is 0 Å². The Morgan fingerprint density at radius 2 is 1.69 bits per heavy atom. The number of aromatic amines is 1. The first-order valence-electron chi connectivity index (χ1n) is 11.5. The third kappa shape index (κ3) is 4.70. The van der Waals surface area contributed by atoms with Gasteiger partial charge in [0.2, 0.25) is 0 Å². The maximum atomic E-state index is 13.1. The Labute approximate surface area is 189 Å². The minimum atomic E-state index is -0.396. The zero-order valence-corrected chi connectivity index (χ0v) is 19.5. The smallest absolute Gasteiger partial charge is 0.261 e. The molecule has 0 bridgehead atoms. The lowest BCUT2D eigenvalue weighted by Gasteiger charge is -2.35. The number of benzene rings is 1. The van der Waals surface area contributed by atoms with E-state index < -0.39 is 5.56 Å². The molecule has 2 aliphatic rings. The minimum Gasteiger partial charge on any atom is -0.336 e. The molecule has 1 aliphatic carbocycles. The van der Waals surface area contributed by atoms with E-state index in [1.165, 1.54) is 17.2 Å². The number of fused-ring (bicyclic) bond motifs is 1. The summed E-state index contributed by atoms with van der Waals surface area (Å²) < 4.78 is 0. The second-order valence-corrected chi connectivity index (χ2v) is 10.3. The molecule has 1 saturated heterocycles. The molecule has 6 heteroatoms. The van der Waals surface area contributed by atoms with Gasteiger partial charge in [0.15, 0.2) is 5.78 Å². The predicted molar refractivity (Wildman–Crippen MR) is 125 cm³/mol. The van der Waals surface area contributed by atoms with E-state index in [9.17, 15) is 14.4 Å². The lowest BCUT2D eigenvalue weighted by atomic mass is 9.75. The fourth-order valence-corrected chi connectivity index (χ4v) is 4.73. The minimum absolute atomic E-state index is 0.00476. The Hall–Kier alpha value is -2.73. The largest absolute Gasteiger partial charge is 0.336 e. The van der Waals surface area contributed by atoms with Crippen molar-refractivity contribution in [1.29, 1.82) is 0 Å². The number of hydrogen-bond acceptors (Lipinski definition) is 4. The molecule has 0 spiro atoms. The van der Waals surface area contributed by atoms with E-state index in [4.69, 9.17) is 0 Å². The number of hydrogen-bond donors (Lipinski definition) is 1. The molecule has 4 rings (SSSR count). The highest BCUT2D eigenvalue weighted by atomic mass is 16.2. The number of carbonyl (C=O) groups excluding carboxylic acids is 2. The first-order valence-corrected chi connectivity index (χ1v) is 11.5. The average molecular weight is 436 g/mol. The summed E-state index contributed by atoms with van der Waals surface area (Å²) in [6.07, 6.45) is 1.06. The molecular formula is C26H33N3O3. The maximum Gasteiger partial charge on any atom is 0.261 e.